The van der Waals surface area contributed by atoms with Crippen molar-refractivity contribution in [3.8, 4) is 0 Å². The largest absolute Gasteiger partial charge is 0.369 e. The lowest BCUT2D eigenvalue weighted by Gasteiger charge is -2.17. The summed E-state index contributed by atoms with van der Waals surface area (Å²) in [5, 5.41) is 3.84. The van der Waals surface area contributed by atoms with Crippen molar-refractivity contribution < 1.29 is 0 Å². The molecule has 0 bridgehead atoms. The molecular formula is C10H14ClN3. The Morgan fingerprint density at radius 3 is 3.00 bits per heavy atom. The van der Waals surface area contributed by atoms with Crippen molar-refractivity contribution in [2.75, 3.05) is 25.0 Å². The monoisotopic (exact) mass is 211 g/mol. The molecule has 2 rings (SSSR count). The second-order valence-corrected chi connectivity index (χ2v) is 3.95. The summed E-state index contributed by atoms with van der Waals surface area (Å²) in [4.78, 5) is 6.40. The van der Waals surface area contributed by atoms with Gasteiger partial charge in [0.15, 0.2) is 0 Å². The first-order chi connectivity index (χ1) is 6.79. The van der Waals surface area contributed by atoms with Crippen molar-refractivity contribution in [3.63, 3.8) is 0 Å². The molecule has 14 heavy (non-hydrogen) atoms. The quantitative estimate of drug-likeness (QED) is 0.753. The number of hydrogen-bond acceptors (Lipinski definition) is 3. The van der Waals surface area contributed by atoms with E-state index in [0.29, 0.717) is 11.2 Å². The summed E-state index contributed by atoms with van der Waals surface area (Å²) in [5.74, 6) is 0. The Kier molecular flexibility index (Phi) is 2.89. The van der Waals surface area contributed by atoms with Crippen molar-refractivity contribution in [2.24, 2.45) is 0 Å². The number of nitrogens with zero attached hydrogens (tertiary/aromatic N) is 2. The predicted molar refractivity (Wildman–Crippen MR) is 58.9 cm³/mol. The highest BCUT2D eigenvalue weighted by Gasteiger charge is 2.20. The van der Waals surface area contributed by atoms with Crippen LogP contribution in [0, 0.1) is 0 Å². The van der Waals surface area contributed by atoms with Gasteiger partial charge in [-0.3, -0.25) is 0 Å². The molecule has 1 atom stereocenters. The molecule has 4 heteroatoms. The fraction of sp³-hybridized carbons (Fsp3) is 0.500. The SMILES string of the molecule is CN[C@H]1CCN(c2ccc(Cl)nc2)C1. The summed E-state index contributed by atoms with van der Waals surface area (Å²) in [6.07, 6.45) is 3.03. The zero-order valence-corrected chi connectivity index (χ0v) is 8.96. The Balaban J connectivity index is 2.06. The van der Waals surface area contributed by atoms with Gasteiger partial charge in [-0.05, 0) is 25.6 Å². The lowest BCUT2D eigenvalue weighted by atomic mass is 10.3. The normalized spacial score (nSPS) is 21.6. The third kappa shape index (κ3) is 1.99. The molecule has 2 heterocycles. The van der Waals surface area contributed by atoms with Gasteiger partial charge in [-0.15, -0.1) is 0 Å². The van der Waals surface area contributed by atoms with Crippen molar-refractivity contribution in [2.45, 2.75) is 12.5 Å². The fourth-order valence-electron chi connectivity index (χ4n) is 1.79. The molecule has 1 aromatic rings. The van der Waals surface area contributed by atoms with E-state index in [-0.39, 0.29) is 0 Å². The smallest absolute Gasteiger partial charge is 0.129 e. The van der Waals surface area contributed by atoms with Crippen molar-refractivity contribution in [1.82, 2.24) is 10.3 Å². The molecule has 0 aromatic carbocycles. The van der Waals surface area contributed by atoms with Gasteiger partial charge in [0.05, 0.1) is 11.9 Å². The Morgan fingerprint density at radius 2 is 2.43 bits per heavy atom. The van der Waals surface area contributed by atoms with E-state index >= 15 is 0 Å². The average Bonchev–Trinajstić information content (AvgIpc) is 2.67. The Hall–Kier alpha value is -0.800. The number of aromatic nitrogens is 1. The number of pyridine rings is 1. The molecule has 1 saturated heterocycles. The molecule has 1 aromatic heterocycles. The van der Waals surface area contributed by atoms with Gasteiger partial charge >= 0.3 is 0 Å². The van der Waals surface area contributed by atoms with Crippen LogP contribution in [0.4, 0.5) is 5.69 Å². The molecule has 1 aliphatic rings. The van der Waals surface area contributed by atoms with E-state index in [0.717, 1.165) is 18.8 Å². The van der Waals surface area contributed by atoms with E-state index in [1.807, 2.05) is 25.4 Å². The van der Waals surface area contributed by atoms with E-state index in [1.54, 1.807) is 0 Å². The number of hydrogen-bond donors (Lipinski definition) is 1. The van der Waals surface area contributed by atoms with Gasteiger partial charge < -0.3 is 10.2 Å². The van der Waals surface area contributed by atoms with E-state index in [1.165, 1.54) is 6.42 Å². The van der Waals surface area contributed by atoms with Crippen molar-refractivity contribution >= 4 is 17.3 Å². The second-order valence-electron chi connectivity index (χ2n) is 3.56. The van der Waals surface area contributed by atoms with Crippen LogP contribution < -0.4 is 10.2 Å². The van der Waals surface area contributed by atoms with Crippen LogP contribution in [0.2, 0.25) is 5.15 Å². The molecule has 76 valence electrons. The maximum Gasteiger partial charge on any atom is 0.129 e. The van der Waals surface area contributed by atoms with Gasteiger partial charge in [-0.1, -0.05) is 11.6 Å². The van der Waals surface area contributed by atoms with Crippen molar-refractivity contribution in [1.29, 1.82) is 0 Å². The van der Waals surface area contributed by atoms with Gasteiger partial charge in [0.2, 0.25) is 0 Å². The molecule has 0 amide bonds. The first-order valence-electron chi connectivity index (χ1n) is 4.83. The molecule has 0 aliphatic carbocycles. The summed E-state index contributed by atoms with van der Waals surface area (Å²) in [6, 6.07) is 4.46. The van der Waals surface area contributed by atoms with Crippen LogP contribution in [0.25, 0.3) is 0 Å². The minimum Gasteiger partial charge on any atom is -0.369 e. The topological polar surface area (TPSA) is 28.2 Å². The van der Waals surface area contributed by atoms with Crippen LogP contribution in [0.1, 0.15) is 6.42 Å². The number of nitrogens with one attached hydrogen (secondary N) is 1. The summed E-state index contributed by atoms with van der Waals surface area (Å²) in [5.41, 5.74) is 1.16. The predicted octanol–water partition coefficient (Wildman–Crippen LogP) is 1.53. The highest BCUT2D eigenvalue weighted by Crippen LogP contribution is 2.20. The highest BCUT2D eigenvalue weighted by molar-refractivity contribution is 6.29. The number of anilines is 1. The minimum atomic E-state index is 0.554. The number of rotatable bonds is 2. The Bertz CT molecular complexity index is 299. The maximum absolute atomic E-state index is 5.73. The van der Waals surface area contributed by atoms with Gasteiger partial charge in [0.1, 0.15) is 5.15 Å². The molecule has 3 nitrogen and oxygen atoms in total. The number of halogens is 1. The lowest BCUT2D eigenvalue weighted by molar-refractivity contribution is 0.617. The third-order valence-electron chi connectivity index (χ3n) is 2.67. The van der Waals surface area contributed by atoms with Crippen LogP contribution in [0.15, 0.2) is 18.3 Å². The summed E-state index contributed by atoms with van der Waals surface area (Å²) < 4.78 is 0. The summed E-state index contributed by atoms with van der Waals surface area (Å²) >= 11 is 5.73. The van der Waals surface area contributed by atoms with Gasteiger partial charge in [0.25, 0.3) is 0 Å². The molecule has 0 unspecified atom stereocenters. The van der Waals surface area contributed by atoms with Gasteiger partial charge in [-0.2, -0.15) is 0 Å². The lowest BCUT2D eigenvalue weighted by Crippen LogP contribution is -2.29. The summed E-state index contributed by atoms with van der Waals surface area (Å²) in [7, 11) is 2.01. The van der Waals surface area contributed by atoms with Crippen molar-refractivity contribution in [3.05, 3.63) is 23.5 Å². The molecule has 1 aliphatic heterocycles. The molecule has 1 N–H and O–H groups in total. The summed E-state index contributed by atoms with van der Waals surface area (Å²) in [6.45, 7) is 2.15. The Labute approximate surface area is 89.1 Å². The van der Waals surface area contributed by atoms with Crippen LogP contribution in [-0.4, -0.2) is 31.2 Å². The first kappa shape index (κ1) is 9.74. The minimum absolute atomic E-state index is 0.554. The first-order valence-corrected chi connectivity index (χ1v) is 5.21. The zero-order chi connectivity index (χ0) is 9.97. The van der Waals surface area contributed by atoms with Gasteiger partial charge in [-0.25, -0.2) is 4.98 Å². The molecule has 0 spiro atoms. The number of likely N-dealkylation sites (N-methyl/N-ethyl adjacent to an activating group) is 1. The Morgan fingerprint density at radius 1 is 1.57 bits per heavy atom. The van der Waals surface area contributed by atoms with E-state index in [2.05, 4.69) is 15.2 Å². The molecule has 1 fully saturated rings. The van der Waals surface area contributed by atoms with Crippen LogP contribution in [0.5, 0.6) is 0 Å². The second kappa shape index (κ2) is 4.15. The van der Waals surface area contributed by atoms with E-state index in [4.69, 9.17) is 11.6 Å². The zero-order valence-electron chi connectivity index (χ0n) is 8.20. The van der Waals surface area contributed by atoms with Crippen LogP contribution >= 0.6 is 11.6 Å². The van der Waals surface area contributed by atoms with Crippen LogP contribution in [-0.2, 0) is 0 Å². The average molecular weight is 212 g/mol. The molecule has 0 saturated carbocycles. The fourth-order valence-corrected chi connectivity index (χ4v) is 1.90. The van der Waals surface area contributed by atoms with E-state index in [9.17, 15) is 0 Å². The maximum atomic E-state index is 5.73. The third-order valence-corrected chi connectivity index (χ3v) is 2.90. The van der Waals surface area contributed by atoms with E-state index < -0.39 is 0 Å². The highest BCUT2D eigenvalue weighted by atomic mass is 35.5. The van der Waals surface area contributed by atoms with Gasteiger partial charge in [0, 0.05) is 19.1 Å². The van der Waals surface area contributed by atoms with Crippen LogP contribution in [0.3, 0.4) is 0 Å². The molecular weight excluding hydrogens is 198 g/mol. The standard InChI is InChI=1S/C10H14ClN3/c1-12-8-4-5-14(7-8)9-2-3-10(11)13-6-9/h2-3,6,8,12H,4-5,7H2,1H3/t8-/m0/s1. The molecule has 0 radical (unpaired) electrons.